The number of methoxy groups -OCH3 is 1. The van der Waals surface area contributed by atoms with Gasteiger partial charge in [0.1, 0.15) is 0 Å². The quantitative estimate of drug-likeness (QED) is 0.537. The van der Waals surface area contributed by atoms with Crippen LogP contribution >= 0.6 is 0 Å². The largest absolute Gasteiger partial charge is 0.384 e. The number of nitrogens with one attached hydrogen (secondary N) is 2. The van der Waals surface area contributed by atoms with E-state index in [1.165, 1.54) is 0 Å². The highest BCUT2D eigenvalue weighted by atomic mass is 32.2. The summed E-state index contributed by atoms with van der Waals surface area (Å²) in [6.45, 7) is 6.75. The first kappa shape index (κ1) is 16.8. The zero-order chi connectivity index (χ0) is 13.1. The molecule has 0 aliphatic rings. The number of ether oxygens (including phenoxy) is 1. The van der Waals surface area contributed by atoms with Gasteiger partial charge in [-0.15, -0.1) is 0 Å². The molecule has 0 saturated heterocycles. The second-order valence-electron chi connectivity index (χ2n) is 4.33. The SMILES string of the molecule is CCCNCCCS(=O)(=O)NCC(C)COC. The molecule has 1 unspecified atom stereocenters. The van der Waals surface area contributed by atoms with Crippen molar-refractivity contribution < 1.29 is 13.2 Å². The molecular weight excluding hydrogens is 240 g/mol. The van der Waals surface area contributed by atoms with Crippen molar-refractivity contribution in [1.82, 2.24) is 10.0 Å². The standard InChI is InChI=1S/C11H26N2O3S/c1-4-6-12-7-5-8-17(14,15)13-9-11(2)10-16-3/h11-13H,4-10H2,1-3H3. The van der Waals surface area contributed by atoms with E-state index in [2.05, 4.69) is 17.0 Å². The number of sulfonamides is 1. The highest BCUT2D eigenvalue weighted by Gasteiger charge is 2.11. The fourth-order valence-corrected chi connectivity index (χ4v) is 2.58. The highest BCUT2D eigenvalue weighted by molar-refractivity contribution is 7.89. The lowest BCUT2D eigenvalue weighted by Gasteiger charge is -2.12. The maximum Gasteiger partial charge on any atom is 0.211 e. The number of rotatable bonds is 11. The van der Waals surface area contributed by atoms with Crippen molar-refractivity contribution in [2.75, 3.05) is 39.1 Å². The van der Waals surface area contributed by atoms with Crippen LogP contribution in [0.25, 0.3) is 0 Å². The smallest absolute Gasteiger partial charge is 0.211 e. The Kier molecular flexibility index (Phi) is 9.72. The van der Waals surface area contributed by atoms with Gasteiger partial charge >= 0.3 is 0 Å². The van der Waals surface area contributed by atoms with Gasteiger partial charge in [0.2, 0.25) is 10.0 Å². The maximum atomic E-state index is 11.6. The van der Waals surface area contributed by atoms with Gasteiger partial charge in [-0.25, -0.2) is 13.1 Å². The van der Waals surface area contributed by atoms with Crippen LogP contribution in [0.4, 0.5) is 0 Å². The Hall–Kier alpha value is -0.170. The molecule has 0 aromatic carbocycles. The van der Waals surface area contributed by atoms with Gasteiger partial charge in [-0.2, -0.15) is 0 Å². The van der Waals surface area contributed by atoms with Gasteiger partial charge in [0, 0.05) is 20.3 Å². The van der Waals surface area contributed by atoms with Crippen LogP contribution in [0, 0.1) is 5.92 Å². The van der Waals surface area contributed by atoms with Crippen molar-refractivity contribution in [2.45, 2.75) is 26.7 Å². The van der Waals surface area contributed by atoms with E-state index in [4.69, 9.17) is 4.74 Å². The van der Waals surface area contributed by atoms with Crippen LogP contribution in [0.15, 0.2) is 0 Å². The molecule has 0 heterocycles. The van der Waals surface area contributed by atoms with Gasteiger partial charge in [0.05, 0.1) is 5.75 Å². The molecule has 5 nitrogen and oxygen atoms in total. The summed E-state index contributed by atoms with van der Waals surface area (Å²) in [5, 5.41) is 3.18. The summed E-state index contributed by atoms with van der Waals surface area (Å²) < 4.78 is 30.7. The minimum atomic E-state index is -3.13. The Morgan fingerprint density at radius 3 is 2.59 bits per heavy atom. The van der Waals surface area contributed by atoms with E-state index < -0.39 is 10.0 Å². The fraction of sp³-hybridized carbons (Fsp3) is 1.00. The molecule has 104 valence electrons. The second kappa shape index (κ2) is 9.82. The summed E-state index contributed by atoms with van der Waals surface area (Å²) in [4.78, 5) is 0. The Labute approximate surface area is 105 Å². The molecule has 17 heavy (non-hydrogen) atoms. The Morgan fingerprint density at radius 1 is 1.29 bits per heavy atom. The van der Waals surface area contributed by atoms with Crippen molar-refractivity contribution in [3.63, 3.8) is 0 Å². The van der Waals surface area contributed by atoms with E-state index in [1.807, 2.05) is 6.92 Å². The van der Waals surface area contributed by atoms with Crippen molar-refractivity contribution >= 4 is 10.0 Å². The van der Waals surface area contributed by atoms with Crippen LogP contribution in [-0.4, -0.2) is 47.5 Å². The van der Waals surface area contributed by atoms with Gasteiger partial charge in [0.15, 0.2) is 0 Å². The van der Waals surface area contributed by atoms with Crippen LogP contribution in [0.2, 0.25) is 0 Å². The third-order valence-electron chi connectivity index (χ3n) is 2.30. The lowest BCUT2D eigenvalue weighted by Crippen LogP contribution is -2.32. The van der Waals surface area contributed by atoms with Crippen LogP contribution in [0.5, 0.6) is 0 Å². The Balaban J connectivity index is 3.65. The summed E-state index contributed by atoms with van der Waals surface area (Å²) in [6.07, 6.45) is 1.72. The van der Waals surface area contributed by atoms with Crippen molar-refractivity contribution in [3.05, 3.63) is 0 Å². The predicted octanol–water partition coefficient (Wildman–Crippen LogP) is 0.578. The summed E-state index contributed by atoms with van der Waals surface area (Å²) in [5.74, 6) is 0.386. The molecule has 0 fully saturated rings. The zero-order valence-corrected chi connectivity index (χ0v) is 12.0. The highest BCUT2D eigenvalue weighted by Crippen LogP contribution is 1.95. The van der Waals surface area contributed by atoms with Gasteiger partial charge in [-0.3, -0.25) is 0 Å². The first-order valence-corrected chi connectivity index (χ1v) is 7.84. The van der Waals surface area contributed by atoms with Gasteiger partial charge in [-0.1, -0.05) is 13.8 Å². The average molecular weight is 266 g/mol. The molecule has 0 aliphatic carbocycles. The summed E-state index contributed by atoms with van der Waals surface area (Å²) in [6, 6.07) is 0. The Morgan fingerprint density at radius 2 is 2.00 bits per heavy atom. The van der Waals surface area contributed by atoms with Crippen molar-refractivity contribution in [2.24, 2.45) is 5.92 Å². The molecule has 0 rings (SSSR count). The van der Waals surface area contributed by atoms with Crippen LogP contribution < -0.4 is 10.0 Å². The van der Waals surface area contributed by atoms with E-state index in [0.29, 0.717) is 19.6 Å². The predicted molar refractivity (Wildman–Crippen MR) is 70.6 cm³/mol. The van der Waals surface area contributed by atoms with Crippen LogP contribution in [0.3, 0.4) is 0 Å². The minimum Gasteiger partial charge on any atom is -0.384 e. The van der Waals surface area contributed by atoms with E-state index in [9.17, 15) is 8.42 Å². The molecule has 0 aromatic rings. The molecule has 0 saturated carbocycles. The van der Waals surface area contributed by atoms with E-state index in [-0.39, 0.29) is 11.7 Å². The average Bonchev–Trinajstić information content (AvgIpc) is 2.27. The lowest BCUT2D eigenvalue weighted by molar-refractivity contribution is 0.161. The van der Waals surface area contributed by atoms with E-state index >= 15 is 0 Å². The van der Waals surface area contributed by atoms with Crippen LogP contribution in [0.1, 0.15) is 26.7 Å². The molecule has 2 N–H and O–H groups in total. The second-order valence-corrected chi connectivity index (χ2v) is 6.26. The van der Waals surface area contributed by atoms with E-state index in [0.717, 1.165) is 19.5 Å². The molecule has 1 atom stereocenters. The molecule has 0 aliphatic heterocycles. The fourth-order valence-electron chi connectivity index (χ4n) is 1.37. The first-order chi connectivity index (χ1) is 8.02. The number of hydrogen-bond donors (Lipinski definition) is 2. The third-order valence-corrected chi connectivity index (χ3v) is 3.73. The zero-order valence-electron chi connectivity index (χ0n) is 11.2. The molecule has 0 bridgehead atoms. The molecular formula is C11H26N2O3S. The van der Waals surface area contributed by atoms with Gasteiger partial charge in [0.25, 0.3) is 0 Å². The van der Waals surface area contributed by atoms with Gasteiger partial charge < -0.3 is 10.1 Å². The summed E-state index contributed by atoms with van der Waals surface area (Å²) in [7, 11) is -1.51. The monoisotopic (exact) mass is 266 g/mol. The molecule has 0 spiro atoms. The summed E-state index contributed by atoms with van der Waals surface area (Å²) in [5.41, 5.74) is 0. The van der Waals surface area contributed by atoms with Crippen molar-refractivity contribution in [3.8, 4) is 0 Å². The molecule has 6 heteroatoms. The molecule has 0 aromatic heterocycles. The summed E-state index contributed by atoms with van der Waals surface area (Å²) >= 11 is 0. The van der Waals surface area contributed by atoms with Crippen LogP contribution in [-0.2, 0) is 14.8 Å². The first-order valence-electron chi connectivity index (χ1n) is 6.18. The minimum absolute atomic E-state index is 0.184. The Bertz CT molecular complexity index is 268. The van der Waals surface area contributed by atoms with Gasteiger partial charge in [-0.05, 0) is 31.8 Å². The van der Waals surface area contributed by atoms with E-state index in [1.54, 1.807) is 7.11 Å². The normalized spacial score (nSPS) is 13.8. The van der Waals surface area contributed by atoms with Crippen molar-refractivity contribution in [1.29, 1.82) is 0 Å². The third kappa shape index (κ3) is 10.7. The molecule has 0 amide bonds. The maximum absolute atomic E-state index is 11.6. The topological polar surface area (TPSA) is 67.4 Å². The molecule has 0 radical (unpaired) electrons. The number of hydrogen-bond acceptors (Lipinski definition) is 4. The lowest BCUT2D eigenvalue weighted by atomic mass is 10.2.